The number of ether oxygens (including phenoxy) is 1. The molecule has 0 radical (unpaired) electrons. The number of esters is 1. The Morgan fingerprint density at radius 3 is 2.53 bits per heavy atom. The summed E-state index contributed by atoms with van der Waals surface area (Å²) in [5.41, 5.74) is 2.23. The zero-order chi connectivity index (χ0) is 26.8. The van der Waals surface area contributed by atoms with Gasteiger partial charge in [0.15, 0.2) is 11.7 Å². The van der Waals surface area contributed by atoms with Crippen LogP contribution >= 0.6 is 11.6 Å². The molecule has 0 saturated carbocycles. The normalized spacial score (nSPS) is 11.8. The van der Waals surface area contributed by atoms with Gasteiger partial charge in [0.1, 0.15) is 5.52 Å². The van der Waals surface area contributed by atoms with Crippen LogP contribution in [0.2, 0.25) is 5.02 Å². The molecule has 1 aromatic heterocycles. The molecule has 1 atom stereocenters. The molecule has 8 nitrogen and oxygen atoms in total. The first-order valence-electron chi connectivity index (χ1n) is 11.8. The number of anilines is 1. The Morgan fingerprint density at radius 2 is 1.79 bits per heavy atom. The highest BCUT2D eigenvalue weighted by Crippen LogP contribution is 2.33. The number of rotatable bonds is 7. The Hall–Kier alpha value is -4.69. The minimum atomic E-state index is -1.17. The van der Waals surface area contributed by atoms with Crippen LogP contribution < -0.4 is 5.32 Å². The molecule has 0 aliphatic carbocycles. The number of hydrogen-bond acceptors (Lipinski definition) is 6. The molecule has 9 heteroatoms. The van der Waals surface area contributed by atoms with Crippen LogP contribution in [0.3, 0.4) is 0 Å². The number of carboxylic acid groups (broad SMARTS) is 1. The number of amides is 1. The Balaban J connectivity index is 1.46. The van der Waals surface area contributed by atoms with Crippen LogP contribution in [-0.2, 0) is 9.53 Å². The van der Waals surface area contributed by atoms with Crippen LogP contribution in [0.4, 0.5) is 5.69 Å². The van der Waals surface area contributed by atoms with Gasteiger partial charge in [0.25, 0.3) is 5.91 Å². The van der Waals surface area contributed by atoms with Gasteiger partial charge in [-0.25, -0.2) is 14.6 Å². The van der Waals surface area contributed by atoms with E-state index in [-0.39, 0.29) is 28.3 Å². The number of nitrogens with one attached hydrogen (secondary N) is 1. The van der Waals surface area contributed by atoms with Gasteiger partial charge in [0.05, 0.1) is 21.8 Å². The van der Waals surface area contributed by atoms with Crippen molar-refractivity contribution in [2.75, 3.05) is 5.32 Å². The number of aromatic nitrogens is 1. The molecule has 4 aromatic carbocycles. The maximum atomic E-state index is 13.4. The largest absolute Gasteiger partial charge is 0.478 e. The number of hydrogen-bond donors (Lipinski definition) is 2. The first kappa shape index (κ1) is 25.0. The number of aromatic carboxylic acids is 1. The third-order valence-corrected chi connectivity index (χ3v) is 6.36. The molecular formula is C29H21ClN2O6. The lowest BCUT2D eigenvalue weighted by atomic mass is 9.99. The summed E-state index contributed by atoms with van der Waals surface area (Å²) in [6.07, 6.45) is -0.977. The van der Waals surface area contributed by atoms with Crippen molar-refractivity contribution < 1.29 is 28.6 Å². The van der Waals surface area contributed by atoms with Crippen molar-refractivity contribution in [1.82, 2.24) is 4.98 Å². The smallest absolute Gasteiger partial charge is 0.339 e. The summed E-state index contributed by atoms with van der Waals surface area (Å²) < 4.78 is 11.6. The van der Waals surface area contributed by atoms with Crippen LogP contribution in [-0.4, -0.2) is 34.0 Å². The van der Waals surface area contributed by atoms with E-state index >= 15 is 0 Å². The van der Waals surface area contributed by atoms with E-state index in [1.165, 1.54) is 18.2 Å². The van der Waals surface area contributed by atoms with Gasteiger partial charge in [-0.05, 0) is 54.3 Å². The highest BCUT2D eigenvalue weighted by Gasteiger charge is 2.25. The van der Waals surface area contributed by atoms with Crippen molar-refractivity contribution in [3.05, 3.63) is 95.0 Å². The maximum absolute atomic E-state index is 13.4. The summed E-state index contributed by atoms with van der Waals surface area (Å²) >= 11 is 6.13. The van der Waals surface area contributed by atoms with E-state index in [0.29, 0.717) is 27.9 Å². The molecule has 0 aliphatic heterocycles. The molecular weight excluding hydrogens is 508 g/mol. The fourth-order valence-electron chi connectivity index (χ4n) is 4.16. The van der Waals surface area contributed by atoms with Gasteiger partial charge in [-0.3, -0.25) is 4.79 Å². The monoisotopic (exact) mass is 528 g/mol. The van der Waals surface area contributed by atoms with Gasteiger partial charge in [-0.2, -0.15) is 0 Å². The van der Waals surface area contributed by atoms with Gasteiger partial charge >= 0.3 is 11.9 Å². The summed E-state index contributed by atoms with van der Waals surface area (Å²) in [6, 6.07) is 22.0. The van der Waals surface area contributed by atoms with Crippen molar-refractivity contribution in [2.45, 2.75) is 19.4 Å². The first-order valence-corrected chi connectivity index (χ1v) is 12.2. The lowest BCUT2D eigenvalue weighted by Crippen LogP contribution is -2.32. The van der Waals surface area contributed by atoms with E-state index in [1.807, 2.05) is 48.5 Å². The fourth-order valence-corrected chi connectivity index (χ4v) is 4.32. The van der Waals surface area contributed by atoms with Gasteiger partial charge < -0.3 is 19.6 Å². The minimum absolute atomic E-state index is 0.0442. The summed E-state index contributed by atoms with van der Waals surface area (Å²) in [7, 11) is 0. The fraction of sp³-hybridized carbons (Fsp3) is 0.103. The number of carboxylic acids is 1. The Labute approximate surface area is 221 Å². The molecule has 0 bridgehead atoms. The second kappa shape index (κ2) is 10.4. The molecule has 2 N–H and O–H groups in total. The van der Waals surface area contributed by atoms with E-state index in [0.717, 1.165) is 5.39 Å². The van der Waals surface area contributed by atoms with Crippen molar-refractivity contribution in [2.24, 2.45) is 0 Å². The quantitative estimate of drug-likeness (QED) is 0.229. The first-order chi connectivity index (χ1) is 18.4. The lowest BCUT2D eigenvalue weighted by molar-refractivity contribution is -0.124. The number of para-hydroxylation sites is 2. The number of carbonyl (C=O) groups is 3. The number of benzene rings is 4. The number of halogens is 1. The zero-order valence-electron chi connectivity index (χ0n) is 20.1. The van der Waals surface area contributed by atoms with E-state index < -0.39 is 23.9 Å². The van der Waals surface area contributed by atoms with Crippen LogP contribution in [0.5, 0.6) is 0 Å². The molecule has 1 amide bonds. The Morgan fingerprint density at radius 1 is 1.03 bits per heavy atom. The minimum Gasteiger partial charge on any atom is -0.478 e. The molecule has 38 heavy (non-hydrogen) atoms. The third kappa shape index (κ3) is 4.81. The summed E-state index contributed by atoms with van der Waals surface area (Å²) in [5, 5.41) is 13.3. The maximum Gasteiger partial charge on any atom is 0.339 e. The third-order valence-electron chi connectivity index (χ3n) is 6.03. The predicted octanol–water partition coefficient (Wildman–Crippen LogP) is 6.57. The van der Waals surface area contributed by atoms with Crippen LogP contribution in [0, 0.1) is 0 Å². The number of nitrogens with zero attached hydrogens (tertiary/aromatic N) is 1. The van der Waals surface area contributed by atoms with Gasteiger partial charge in [0.2, 0.25) is 5.89 Å². The van der Waals surface area contributed by atoms with E-state index in [4.69, 9.17) is 20.8 Å². The standard InChI is InChI=1S/C29H21ClN2O6/c1-2-23(26(33)31-22-15-17(28(34)35)13-14-20(22)30)38-29(36)19-10-6-8-16-7-5-9-18(25(16)19)27-32-21-11-3-4-12-24(21)37-27/h3-15,23H,2H2,1H3,(H,31,33)(H,34,35). The number of carbonyl (C=O) groups excluding carboxylic acids is 2. The summed E-state index contributed by atoms with van der Waals surface area (Å²) in [4.78, 5) is 42.2. The van der Waals surface area contributed by atoms with E-state index in [1.54, 1.807) is 19.1 Å². The van der Waals surface area contributed by atoms with E-state index in [9.17, 15) is 19.5 Å². The average molecular weight is 529 g/mol. The molecule has 0 saturated heterocycles. The molecule has 190 valence electrons. The second-order valence-electron chi connectivity index (χ2n) is 8.49. The Bertz CT molecular complexity index is 1670. The molecule has 5 rings (SSSR count). The molecule has 0 spiro atoms. The van der Waals surface area contributed by atoms with E-state index in [2.05, 4.69) is 10.3 Å². The molecule has 1 unspecified atom stereocenters. The summed E-state index contributed by atoms with van der Waals surface area (Å²) in [5.74, 6) is -2.15. The highest BCUT2D eigenvalue weighted by molar-refractivity contribution is 6.34. The molecule has 0 fully saturated rings. The van der Waals surface area contributed by atoms with Gasteiger partial charge in [-0.1, -0.05) is 54.9 Å². The van der Waals surface area contributed by atoms with Gasteiger partial charge in [0, 0.05) is 10.9 Å². The van der Waals surface area contributed by atoms with Crippen LogP contribution in [0.25, 0.3) is 33.3 Å². The van der Waals surface area contributed by atoms with Crippen LogP contribution in [0.1, 0.15) is 34.1 Å². The lowest BCUT2D eigenvalue weighted by Gasteiger charge is -2.18. The van der Waals surface area contributed by atoms with Gasteiger partial charge in [-0.15, -0.1) is 0 Å². The number of oxazole rings is 1. The zero-order valence-corrected chi connectivity index (χ0v) is 20.9. The van der Waals surface area contributed by atoms with Crippen molar-refractivity contribution in [3.8, 4) is 11.5 Å². The number of fused-ring (bicyclic) bond motifs is 2. The van der Waals surface area contributed by atoms with Crippen molar-refractivity contribution in [3.63, 3.8) is 0 Å². The SMILES string of the molecule is CCC(OC(=O)c1cccc2cccc(-c3nc4ccccc4o3)c12)C(=O)Nc1cc(C(=O)O)ccc1Cl. The molecule has 1 heterocycles. The topological polar surface area (TPSA) is 119 Å². The van der Waals surface area contributed by atoms with Crippen molar-refractivity contribution >= 4 is 57.0 Å². The second-order valence-corrected chi connectivity index (χ2v) is 8.89. The molecule has 5 aromatic rings. The molecule has 0 aliphatic rings. The summed E-state index contributed by atoms with van der Waals surface area (Å²) in [6.45, 7) is 1.69. The highest BCUT2D eigenvalue weighted by atomic mass is 35.5. The average Bonchev–Trinajstić information content (AvgIpc) is 3.36. The Kier molecular flexibility index (Phi) is 6.81. The van der Waals surface area contributed by atoms with Crippen LogP contribution in [0.15, 0.2) is 83.3 Å². The van der Waals surface area contributed by atoms with Crippen molar-refractivity contribution in [1.29, 1.82) is 0 Å². The predicted molar refractivity (Wildman–Crippen MR) is 143 cm³/mol.